The molecule has 27 heavy (non-hydrogen) atoms. The highest BCUT2D eigenvalue weighted by molar-refractivity contribution is 5.98. The quantitative estimate of drug-likeness (QED) is 0.794. The molecule has 5 nitrogen and oxygen atoms in total. The van der Waals surface area contributed by atoms with Crippen molar-refractivity contribution in [2.75, 3.05) is 13.2 Å². The summed E-state index contributed by atoms with van der Waals surface area (Å²) < 4.78 is 11.0. The lowest BCUT2D eigenvalue weighted by Gasteiger charge is -2.43. The van der Waals surface area contributed by atoms with Gasteiger partial charge in [0, 0.05) is 18.4 Å². The second-order valence-corrected chi connectivity index (χ2v) is 7.13. The van der Waals surface area contributed by atoms with Gasteiger partial charge in [-0.15, -0.1) is 0 Å². The highest BCUT2D eigenvalue weighted by Crippen LogP contribution is 2.41. The molecule has 1 aliphatic carbocycles. The topological polar surface area (TPSA) is 64.6 Å². The van der Waals surface area contributed by atoms with E-state index in [0.29, 0.717) is 30.3 Å². The zero-order valence-electron chi connectivity index (χ0n) is 15.2. The third-order valence-corrected chi connectivity index (χ3v) is 5.36. The molecule has 2 aliphatic rings. The molecule has 0 unspecified atom stereocenters. The molecule has 1 N–H and O–H groups in total. The maximum atomic E-state index is 12.5. The highest BCUT2D eigenvalue weighted by atomic mass is 16.6. The van der Waals surface area contributed by atoms with Gasteiger partial charge in [-0.1, -0.05) is 30.3 Å². The molecular weight excluding hydrogens is 342 g/mol. The maximum absolute atomic E-state index is 12.5. The average Bonchev–Trinajstić information content (AvgIpc) is 2.69. The number of rotatable bonds is 6. The first kappa shape index (κ1) is 17.6. The van der Waals surface area contributed by atoms with Crippen LogP contribution in [0.1, 0.15) is 48.0 Å². The fourth-order valence-electron chi connectivity index (χ4n) is 3.69. The molecule has 1 saturated carbocycles. The minimum Gasteiger partial charge on any atom is -0.486 e. The zero-order valence-corrected chi connectivity index (χ0v) is 15.2. The monoisotopic (exact) mass is 365 g/mol. The summed E-state index contributed by atoms with van der Waals surface area (Å²) in [6.45, 7) is 0.998. The Labute approximate surface area is 158 Å². The fraction of sp³-hybridized carbons (Fsp3) is 0.364. The lowest BCUT2D eigenvalue weighted by atomic mass is 9.71. The first-order valence-electron chi connectivity index (χ1n) is 9.46. The van der Waals surface area contributed by atoms with E-state index in [4.69, 9.17) is 9.47 Å². The predicted molar refractivity (Wildman–Crippen MR) is 101 cm³/mol. The van der Waals surface area contributed by atoms with Crippen LogP contribution in [0.15, 0.2) is 48.5 Å². The van der Waals surface area contributed by atoms with Crippen molar-refractivity contribution in [3.05, 3.63) is 59.7 Å². The molecule has 0 radical (unpaired) electrons. The summed E-state index contributed by atoms with van der Waals surface area (Å²) in [7, 11) is 0. The van der Waals surface area contributed by atoms with Crippen molar-refractivity contribution in [1.29, 1.82) is 0 Å². The van der Waals surface area contributed by atoms with Crippen molar-refractivity contribution in [2.24, 2.45) is 0 Å². The van der Waals surface area contributed by atoms with Crippen LogP contribution in [0.5, 0.6) is 11.5 Å². The number of Topliss-reactive ketones (excluding diaryl/α,β-unsaturated/α-hetero) is 1. The van der Waals surface area contributed by atoms with Gasteiger partial charge in [0.15, 0.2) is 17.3 Å². The minimum atomic E-state index is -0.265. The first-order chi connectivity index (χ1) is 13.2. The van der Waals surface area contributed by atoms with E-state index in [1.165, 1.54) is 0 Å². The molecule has 0 bridgehead atoms. The third-order valence-electron chi connectivity index (χ3n) is 5.36. The molecule has 0 atom stereocenters. The van der Waals surface area contributed by atoms with Gasteiger partial charge in [0.2, 0.25) is 5.91 Å². The van der Waals surface area contributed by atoms with Gasteiger partial charge in [-0.25, -0.2) is 0 Å². The Kier molecular flexibility index (Phi) is 4.84. The summed E-state index contributed by atoms with van der Waals surface area (Å²) in [6.07, 6.45) is 3.35. The summed E-state index contributed by atoms with van der Waals surface area (Å²) in [6, 6.07) is 15.3. The summed E-state index contributed by atoms with van der Waals surface area (Å²) >= 11 is 0. The number of carbonyl (C=O) groups is 2. The number of amides is 1. The SMILES string of the molecule is O=C(CCC(=O)c1ccc2c(c1)OCCO2)NC1(c2ccccc2)CCC1. The first-order valence-corrected chi connectivity index (χ1v) is 9.46. The van der Waals surface area contributed by atoms with Crippen LogP contribution >= 0.6 is 0 Å². The molecule has 1 fully saturated rings. The summed E-state index contributed by atoms with van der Waals surface area (Å²) in [5.74, 6) is 1.10. The van der Waals surface area contributed by atoms with E-state index in [1.54, 1.807) is 18.2 Å². The van der Waals surface area contributed by atoms with Gasteiger partial charge in [-0.2, -0.15) is 0 Å². The van der Waals surface area contributed by atoms with Crippen molar-refractivity contribution in [3.8, 4) is 11.5 Å². The Balaban J connectivity index is 1.36. The smallest absolute Gasteiger partial charge is 0.221 e. The van der Waals surface area contributed by atoms with Gasteiger partial charge in [0.05, 0.1) is 5.54 Å². The van der Waals surface area contributed by atoms with Gasteiger partial charge in [0.1, 0.15) is 13.2 Å². The van der Waals surface area contributed by atoms with E-state index in [9.17, 15) is 9.59 Å². The molecule has 1 heterocycles. The normalized spacial score (nSPS) is 16.9. The van der Waals surface area contributed by atoms with Gasteiger partial charge in [0.25, 0.3) is 0 Å². The fourth-order valence-corrected chi connectivity index (χ4v) is 3.69. The van der Waals surface area contributed by atoms with Gasteiger partial charge >= 0.3 is 0 Å². The van der Waals surface area contributed by atoms with Crippen molar-refractivity contribution < 1.29 is 19.1 Å². The number of hydrogen-bond donors (Lipinski definition) is 1. The number of fused-ring (bicyclic) bond motifs is 1. The van der Waals surface area contributed by atoms with E-state index < -0.39 is 0 Å². The molecule has 2 aromatic rings. The Morgan fingerprint density at radius 1 is 0.926 bits per heavy atom. The van der Waals surface area contributed by atoms with Crippen LogP contribution in [-0.4, -0.2) is 24.9 Å². The molecule has 1 aliphatic heterocycles. The Morgan fingerprint density at radius 2 is 1.67 bits per heavy atom. The number of ether oxygens (including phenoxy) is 2. The second kappa shape index (κ2) is 7.43. The molecule has 5 heteroatoms. The molecule has 1 amide bonds. The molecule has 0 aromatic heterocycles. The zero-order chi connectivity index (χ0) is 18.7. The van der Waals surface area contributed by atoms with Gasteiger partial charge < -0.3 is 14.8 Å². The average molecular weight is 365 g/mol. The Hall–Kier alpha value is -2.82. The molecule has 0 spiro atoms. The van der Waals surface area contributed by atoms with Crippen LogP contribution in [0.4, 0.5) is 0 Å². The number of hydrogen-bond acceptors (Lipinski definition) is 4. The van der Waals surface area contributed by atoms with Gasteiger partial charge in [-0.3, -0.25) is 9.59 Å². The Bertz CT molecular complexity index is 843. The largest absolute Gasteiger partial charge is 0.486 e. The standard InChI is InChI=1S/C22H23NO4/c24-18(16-7-9-19-20(15-16)27-14-13-26-19)8-10-21(25)23-22(11-4-12-22)17-5-2-1-3-6-17/h1-3,5-7,9,15H,4,8,10-14H2,(H,23,25). The number of benzene rings is 2. The van der Waals surface area contributed by atoms with Crippen molar-refractivity contribution in [2.45, 2.75) is 37.6 Å². The van der Waals surface area contributed by atoms with Crippen LogP contribution in [-0.2, 0) is 10.3 Å². The van der Waals surface area contributed by atoms with Crippen LogP contribution in [0.2, 0.25) is 0 Å². The summed E-state index contributed by atoms with van der Waals surface area (Å²) in [5.41, 5.74) is 1.43. The number of nitrogens with one attached hydrogen (secondary N) is 1. The van der Waals surface area contributed by atoms with Gasteiger partial charge in [-0.05, 0) is 43.0 Å². The Morgan fingerprint density at radius 3 is 2.37 bits per heavy atom. The lowest BCUT2D eigenvalue weighted by molar-refractivity contribution is -0.124. The van der Waals surface area contributed by atoms with E-state index in [1.807, 2.05) is 18.2 Å². The van der Waals surface area contributed by atoms with Crippen molar-refractivity contribution >= 4 is 11.7 Å². The second-order valence-electron chi connectivity index (χ2n) is 7.13. The molecule has 0 saturated heterocycles. The van der Waals surface area contributed by atoms with Crippen LogP contribution in [0, 0.1) is 0 Å². The van der Waals surface area contributed by atoms with E-state index in [-0.39, 0.29) is 30.1 Å². The molecular formula is C22H23NO4. The molecule has 2 aromatic carbocycles. The van der Waals surface area contributed by atoms with E-state index in [2.05, 4.69) is 17.4 Å². The minimum absolute atomic E-state index is 0.0653. The summed E-state index contributed by atoms with van der Waals surface area (Å²) in [5, 5.41) is 3.17. The van der Waals surface area contributed by atoms with Crippen LogP contribution < -0.4 is 14.8 Å². The van der Waals surface area contributed by atoms with Crippen molar-refractivity contribution in [1.82, 2.24) is 5.32 Å². The lowest BCUT2D eigenvalue weighted by Crippen LogP contribution is -2.50. The van der Waals surface area contributed by atoms with E-state index >= 15 is 0 Å². The van der Waals surface area contributed by atoms with E-state index in [0.717, 1.165) is 24.8 Å². The number of ketones is 1. The number of carbonyl (C=O) groups excluding carboxylic acids is 2. The molecule has 4 rings (SSSR count). The molecule has 140 valence electrons. The van der Waals surface area contributed by atoms with Crippen LogP contribution in [0.3, 0.4) is 0 Å². The van der Waals surface area contributed by atoms with Crippen molar-refractivity contribution in [3.63, 3.8) is 0 Å². The predicted octanol–water partition coefficient (Wildman–Crippen LogP) is 3.62. The third kappa shape index (κ3) is 3.68. The summed E-state index contributed by atoms with van der Waals surface area (Å²) in [4.78, 5) is 25.0. The van der Waals surface area contributed by atoms with Crippen LogP contribution in [0.25, 0.3) is 0 Å². The maximum Gasteiger partial charge on any atom is 0.221 e. The highest BCUT2D eigenvalue weighted by Gasteiger charge is 2.39.